The quantitative estimate of drug-likeness (QED) is 0.519. The summed E-state index contributed by atoms with van der Waals surface area (Å²) < 4.78 is 1.86. The first kappa shape index (κ1) is 8.68. The zero-order valence-corrected chi connectivity index (χ0v) is 8.12. The van der Waals surface area contributed by atoms with Gasteiger partial charge in [0.05, 0.1) is 6.34 Å². The Morgan fingerprint density at radius 2 is 2.36 bits per heavy atom. The van der Waals surface area contributed by atoms with E-state index >= 15 is 0 Å². The second-order valence-electron chi connectivity index (χ2n) is 2.92. The summed E-state index contributed by atoms with van der Waals surface area (Å²) >= 11 is 0. The van der Waals surface area contributed by atoms with E-state index in [1.165, 1.54) is 0 Å². The number of hydrogen-bond acceptors (Lipinski definition) is 3. The SMILES string of the molecule is C/N=C\N(C)c1cc2nccn2cn1. The van der Waals surface area contributed by atoms with Crippen molar-refractivity contribution in [1.82, 2.24) is 14.4 Å². The first-order valence-electron chi connectivity index (χ1n) is 4.25. The maximum atomic E-state index is 4.26. The van der Waals surface area contributed by atoms with Crippen molar-refractivity contribution in [2.75, 3.05) is 19.0 Å². The Bertz CT molecular complexity index is 459. The zero-order valence-electron chi connectivity index (χ0n) is 8.12. The van der Waals surface area contributed by atoms with Crippen molar-refractivity contribution in [2.45, 2.75) is 0 Å². The third-order valence-electron chi connectivity index (χ3n) is 1.92. The van der Waals surface area contributed by atoms with Crippen molar-refractivity contribution < 1.29 is 0 Å². The van der Waals surface area contributed by atoms with Gasteiger partial charge < -0.3 is 4.90 Å². The molecule has 0 fully saturated rings. The van der Waals surface area contributed by atoms with Gasteiger partial charge in [-0.25, -0.2) is 9.97 Å². The number of anilines is 1. The Labute approximate surface area is 81.7 Å². The highest BCUT2D eigenvalue weighted by molar-refractivity contribution is 5.77. The summed E-state index contributed by atoms with van der Waals surface area (Å²) in [5.74, 6) is 0.828. The van der Waals surface area contributed by atoms with Crippen LogP contribution in [0, 0.1) is 0 Å². The monoisotopic (exact) mass is 189 g/mol. The highest BCUT2D eigenvalue weighted by Crippen LogP contribution is 2.09. The molecule has 0 saturated carbocycles. The van der Waals surface area contributed by atoms with Gasteiger partial charge in [0.15, 0.2) is 0 Å². The van der Waals surface area contributed by atoms with Crippen LogP contribution in [0.15, 0.2) is 29.8 Å². The number of hydrogen-bond donors (Lipinski definition) is 0. The highest BCUT2D eigenvalue weighted by Gasteiger charge is 2.01. The van der Waals surface area contributed by atoms with Crippen LogP contribution in [-0.4, -0.2) is 34.8 Å². The molecular formula is C9H11N5. The minimum absolute atomic E-state index is 0.828. The molecular weight excluding hydrogens is 178 g/mol. The summed E-state index contributed by atoms with van der Waals surface area (Å²) in [6, 6.07) is 1.90. The molecule has 14 heavy (non-hydrogen) atoms. The molecule has 2 heterocycles. The third-order valence-corrected chi connectivity index (χ3v) is 1.92. The zero-order chi connectivity index (χ0) is 9.97. The maximum absolute atomic E-state index is 4.26. The molecule has 0 radical (unpaired) electrons. The van der Waals surface area contributed by atoms with Crippen molar-refractivity contribution in [3.05, 3.63) is 24.8 Å². The lowest BCUT2D eigenvalue weighted by molar-refractivity contribution is 1.06. The molecule has 0 saturated heterocycles. The standard InChI is InChI=1S/C9H11N5/c1-10-6-13(2)8-5-9-11-3-4-14(9)7-12-8/h3-7H,1-2H3/b10-6-. The van der Waals surface area contributed by atoms with Gasteiger partial charge in [0.1, 0.15) is 17.8 Å². The predicted molar refractivity (Wildman–Crippen MR) is 55.8 cm³/mol. The van der Waals surface area contributed by atoms with Crippen LogP contribution >= 0.6 is 0 Å². The van der Waals surface area contributed by atoms with Crippen LogP contribution in [-0.2, 0) is 0 Å². The van der Waals surface area contributed by atoms with Crippen LogP contribution in [0.3, 0.4) is 0 Å². The lowest BCUT2D eigenvalue weighted by atomic mass is 10.5. The van der Waals surface area contributed by atoms with Crippen LogP contribution in [0.25, 0.3) is 5.65 Å². The van der Waals surface area contributed by atoms with Gasteiger partial charge in [-0.2, -0.15) is 0 Å². The molecule has 2 aromatic heterocycles. The first-order chi connectivity index (χ1) is 6.81. The van der Waals surface area contributed by atoms with E-state index in [1.807, 2.05) is 28.6 Å². The average Bonchev–Trinajstić information content (AvgIpc) is 2.64. The van der Waals surface area contributed by atoms with Gasteiger partial charge in [-0.15, -0.1) is 0 Å². The number of aromatic nitrogens is 3. The Morgan fingerprint density at radius 3 is 3.14 bits per heavy atom. The van der Waals surface area contributed by atoms with Crippen molar-refractivity contribution in [3.8, 4) is 0 Å². The maximum Gasteiger partial charge on any atom is 0.141 e. The molecule has 5 heteroatoms. The van der Waals surface area contributed by atoms with Crippen molar-refractivity contribution in [1.29, 1.82) is 0 Å². The third kappa shape index (κ3) is 1.44. The van der Waals surface area contributed by atoms with Gasteiger partial charge in [-0.05, 0) is 0 Å². The van der Waals surface area contributed by atoms with E-state index in [4.69, 9.17) is 0 Å². The minimum atomic E-state index is 0.828. The van der Waals surface area contributed by atoms with Crippen LogP contribution in [0.2, 0.25) is 0 Å². The molecule has 0 unspecified atom stereocenters. The molecule has 0 amide bonds. The number of imidazole rings is 1. The molecule has 0 aromatic carbocycles. The van der Waals surface area contributed by atoms with Gasteiger partial charge in [0, 0.05) is 32.6 Å². The molecule has 0 spiro atoms. The topological polar surface area (TPSA) is 45.8 Å². The van der Waals surface area contributed by atoms with Crippen LogP contribution < -0.4 is 4.90 Å². The van der Waals surface area contributed by atoms with Gasteiger partial charge in [0.2, 0.25) is 0 Å². The van der Waals surface area contributed by atoms with Crippen LogP contribution in [0.1, 0.15) is 0 Å². The average molecular weight is 189 g/mol. The van der Waals surface area contributed by atoms with Gasteiger partial charge in [-0.1, -0.05) is 0 Å². The van der Waals surface area contributed by atoms with Gasteiger partial charge >= 0.3 is 0 Å². The smallest absolute Gasteiger partial charge is 0.141 e. The second kappa shape index (κ2) is 3.45. The molecule has 2 rings (SSSR count). The van der Waals surface area contributed by atoms with Crippen molar-refractivity contribution >= 4 is 17.8 Å². The summed E-state index contributed by atoms with van der Waals surface area (Å²) in [5.41, 5.74) is 0.881. The van der Waals surface area contributed by atoms with E-state index in [2.05, 4.69) is 15.0 Å². The van der Waals surface area contributed by atoms with Gasteiger partial charge in [0.25, 0.3) is 0 Å². The lowest BCUT2D eigenvalue weighted by Gasteiger charge is -2.10. The fourth-order valence-corrected chi connectivity index (χ4v) is 1.23. The van der Waals surface area contributed by atoms with E-state index in [1.54, 1.807) is 25.9 Å². The molecule has 0 aliphatic carbocycles. The summed E-state index contributed by atoms with van der Waals surface area (Å²) in [6.07, 6.45) is 7.05. The van der Waals surface area contributed by atoms with Crippen molar-refractivity contribution in [3.63, 3.8) is 0 Å². The number of fused-ring (bicyclic) bond motifs is 1. The van der Waals surface area contributed by atoms with E-state index in [0.29, 0.717) is 0 Å². The Hall–Kier alpha value is -1.91. The second-order valence-corrected chi connectivity index (χ2v) is 2.92. The molecule has 0 atom stereocenters. The molecule has 2 aromatic rings. The molecule has 5 nitrogen and oxygen atoms in total. The fourth-order valence-electron chi connectivity index (χ4n) is 1.23. The molecule has 0 N–H and O–H groups in total. The lowest BCUT2D eigenvalue weighted by Crippen LogP contribution is -2.15. The normalized spacial score (nSPS) is 11.3. The molecule has 0 bridgehead atoms. The molecule has 0 aliphatic heterocycles. The van der Waals surface area contributed by atoms with Crippen LogP contribution in [0.5, 0.6) is 0 Å². The molecule has 72 valence electrons. The first-order valence-corrected chi connectivity index (χ1v) is 4.25. The highest BCUT2D eigenvalue weighted by atomic mass is 15.2. The largest absolute Gasteiger partial charge is 0.320 e. The van der Waals surface area contributed by atoms with E-state index < -0.39 is 0 Å². The number of aliphatic imine (C=N–C) groups is 1. The van der Waals surface area contributed by atoms with E-state index in [-0.39, 0.29) is 0 Å². The Morgan fingerprint density at radius 1 is 1.50 bits per heavy atom. The number of rotatable bonds is 2. The summed E-state index contributed by atoms with van der Waals surface area (Å²) in [7, 11) is 3.62. The summed E-state index contributed by atoms with van der Waals surface area (Å²) in [4.78, 5) is 14.2. The van der Waals surface area contributed by atoms with E-state index in [9.17, 15) is 0 Å². The summed E-state index contributed by atoms with van der Waals surface area (Å²) in [6.45, 7) is 0. The molecule has 0 aliphatic rings. The predicted octanol–water partition coefficient (Wildman–Crippen LogP) is 0.824. The minimum Gasteiger partial charge on any atom is -0.320 e. The Kier molecular flexibility index (Phi) is 2.14. The summed E-state index contributed by atoms with van der Waals surface area (Å²) in [5, 5.41) is 0. The van der Waals surface area contributed by atoms with Gasteiger partial charge in [-0.3, -0.25) is 9.39 Å². The fraction of sp³-hybridized carbons (Fsp3) is 0.222. The van der Waals surface area contributed by atoms with Crippen molar-refractivity contribution in [2.24, 2.45) is 4.99 Å². The number of nitrogens with zero attached hydrogens (tertiary/aromatic N) is 5. The Balaban J connectivity index is 2.43. The van der Waals surface area contributed by atoms with Crippen LogP contribution in [0.4, 0.5) is 5.82 Å². The van der Waals surface area contributed by atoms with E-state index in [0.717, 1.165) is 11.5 Å².